The van der Waals surface area contributed by atoms with E-state index in [0.717, 1.165) is 46.1 Å². The van der Waals surface area contributed by atoms with Gasteiger partial charge < -0.3 is 20.9 Å². The number of nitrogen functional groups attached to an aromatic ring is 1. The van der Waals surface area contributed by atoms with Gasteiger partial charge in [0, 0.05) is 50.7 Å². The van der Waals surface area contributed by atoms with Crippen LogP contribution in [0.3, 0.4) is 0 Å². The van der Waals surface area contributed by atoms with Gasteiger partial charge in [-0.1, -0.05) is 37.5 Å². The number of carbonyl (C=O) groups is 1. The Bertz CT molecular complexity index is 1020. The van der Waals surface area contributed by atoms with Crippen LogP contribution in [0.5, 0.6) is 0 Å². The number of carbonyl (C=O) groups excluding carboxylic acids is 1. The quantitative estimate of drug-likeness (QED) is 0.543. The topological polar surface area (TPSA) is 113 Å². The van der Waals surface area contributed by atoms with E-state index in [-0.39, 0.29) is 12.0 Å². The molecular weight excluding hydrogens is 412 g/mol. The van der Waals surface area contributed by atoms with Crippen LogP contribution in [0.4, 0.5) is 16.6 Å². The first-order valence-corrected chi connectivity index (χ1v) is 11.6. The second-order valence-electron chi connectivity index (χ2n) is 7.59. The Morgan fingerprint density at radius 2 is 2.00 bits per heavy atom. The van der Waals surface area contributed by atoms with E-state index in [4.69, 9.17) is 10.7 Å². The second kappa shape index (κ2) is 9.86. The monoisotopic (exact) mass is 440 g/mol. The summed E-state index contributed by atoms with van der Waals surface area (Å²) in [4.78, 5) is 35.0. The first kappa shape index (κ1) is 21.2. The minimum atomic E-state index is 0.0102. The summed E-state index contributed by atoms with van der Waals surface area (Å²) in [5, 5.41) is 3.87. The Morgan fingerprint density at radius 3 is 2.74 bits per heavy atom. The van der Waals surface area contributed by atoms with Gasteiger partial charge in [-0.15, -0.1) is 0 Å². The van der Waals surface area contributed by atoms with E-state index in [1.54, 1.807) is 12.4 Å². The lowest BCUT2D eigenvalue weighted by molar-refractivity contribution is 0.194. The minimum absolute atomic E-state index is 0.0102. The molecule has 1 aliphatic heterocycles. The van der Waals surface area contributed by atoms with Crippen molar-refractivity contribution in [2.75, 3.05) is 43.4 Å². The molecule has 164 valence electrons. The second-order valence-corrected chi connectivity index (χ2v) is 8.56. The molecule has 0 aromatic carbocycles. The number of fused-ring (bicyclic) bond motifs is 1. The predicted octanol–water partition coefficient (Wildman–Crippen LogP) is 3.14. The van der Waals surface area contributed by atoms with Gasteiger partial charge in [-0.3, -0.25) is 4.98 Å². The fourth-order valence-electron chi connectivity index (χ4n) is 3.64. The number of unbranched alkanes of at least 4 members (excludes halogenated alkanes) is 3. The molecule has 2 amide bonds. The Morgan fingerprint density at radius 1 is 1.16 bits per heavy atom. The zero-order valence-corrected chi connectivity index (χ0v) is 18.6. The van der Waals surface area contributed by atoms with E-state index in [2.05, 4.69) is 32.1 Å². The van der Waals surface area contributed by atoms with E-state index in [1.165, 1.54) is 24.2 Å². The average Bonchev–Trinajstić information content (AvgIpc) is 3.23. The number of aromatic nitrogens is 4. The summed E-state index contributed by atoms with van der Waals surface area (Å²) >= 11 is 1.48. The molecule has 4 heterocycles. The molecule has 0 unspecified atom stereocenters. The molecule has 0 radical (unpaired) electrons. The first-order valence-electron chi connectivity index (χ1n) is 10.8. The largest absolute Gasteiger partial charge is 0.368 e. The van der Waals surface area contributed by atoms with Crippen molar-refractivity contribution in [1.29, 1.82) is 0 Å². The third-order valence-corrected chi connectivity index (χ3v) is 6.34. The Labute approximate surface area is 185 Å². The molecule has 0 spiro atoms. The summed E-state index contributed by atoms with van der Waals surface area (Å²) in [5.41, 5.74) is 7.67. The van der Waals surface area contributed by atoms with Gasteiger partial charge in [-0.05, 0) is 18.6 Å². The molecule has 1 fully saturated rings. The van der Waals surface area contributed by atoms with Crippen LogP contribution < -0.4 is 16.0 Å². The van der Waals surface area contributed by atoms with Crippen LogP contribution in [0.25, 0.3) is 20.9 Å². The molecule has 1 aliphatic rings. The lowest BCUT2D eigenvalue weighted by Crippen LogP contribution is -2.52. The van der Waals surface area contributed by atoms with Crippen molar-refractivity contribution in [1.82, 2.24) is 30.2 Å². The smallest absolute Gasteiger partial charge is 0.317 e. The van der Waals surface area contributed by atoms with Crippen molar-refractivity contribution in [2.45, 2.75) is 32.6 Å². The number of amides is 2. The number of pyridine rings is 1. The lowest BCUT2D eigenvalue weighted by Gasteiger charge is -2.35. The third-order valence-electron chi connectivity index (χ3n) is 5.34. The Balaban J connectivity index is 1.43. The molecule has 0 aliphatic carbocycles. The van der Waals surface area contributed by atoms with Gasteiger partial charge in [-0.2, -0.15) is 4.98 Å². The maximum atomic E-state index is 12.4. The molecule has 4 rings (SSSR count). The number of thiazole rings is 1. The van der Waals surface area contributed by atoms with E-state index >= 15 is 0 Å². The highest BCUT2D eigenvalue weighted by atomic mass is 32.1. The number of nitrogens with one attached hydrogen (secondary N) is 1. The lowest BCUT2D eigenvalue weighted by atomic mass is 10.2. The van der Waals surface area contributed by atoms with Crippen molar-refractivity contribution in [3.63, 3.8) is 0 Å². The van der Waals surface area contributed by atoms with Crippen LogP contribution in [0.1, 0.15) is 32.6 Å². The van der Waals surface area contributed by atoms with Gasteiger partial charge >= 0.3 is 6.03 Å². The fraction of sp³-hybridized carbons (Fsp3) is 0.476. The third kappa shape index (κ3) is 5.01. The molecule has 10 heteroatoms. The van der Waals surface area contributed by atoms with Crippen molar-refractivity contribution in [2.24, 2.45) is 0 Å². The van der Waals surface area contributed by atoms with E-state index in [9.17, 15) is 4.79 Å². The Hall–Kier alpha value is -3.01. The molecule has 0 saturated carbocycles. The molecule has 3 aromatic heterocycles. The normalized spacial score (nSPS) is 14.2. The van der Waals surface area contributed by atoms with Crippen LogP contribution in [0, 0.1) is 0 Å². The molecule has 0 atom stereocenters. The minimum Gasteiger partial charge on any atom is -0.368 e. The fourth-order valence-corrected chi connectivity index (χ4v) is 4.57. The van der Waals surface area contributed by atoms with Crippen LogP contribution in [-0.2, 0) is 0 Å². The first-order chi connectivity index (χ1) is 15.2. The highest BCUT2D eigenvalue weighted by molar-refractivity contribution is 7.21. The van der Waals surface area contributed by atoms with Crippen LogP contribution in [0.15, 0.2) is 24.5 Å². The molecular formula is C21H28N8OS. The summed E-state index contributed by atoms with van der Waals surface area (Å²) < 4.78 is 0. The van der Waals surface area contributed by atoms with Gasteiger partial charge in [0.1, 0.15) is 10.5 Å². The predicted molar refractivity (Wildman–Crippen MR) is 124 cm³/mol. The van der Waals surface area contributed by atoms with Crippen molar-refractivity contribution < 1.29 is 4.79 Å². The number of urea groups is 1. The van der Waals surface area contributed by atoms with E-state index < -0.39 is 0 Å². The average molecular weight is 441 g/mol. The summed E-state index contributed by atoms with van der Waals surface area (Å²) in [5.74, 6) is 0.963. The molecule has 3 aromatic rings. The zero-order valence-electron chi connectivity index (χ0n) is 17.8. The summed E-state index contributed by atoms with van der Waals surface area (Å²) in [7, 11) is 0. The number of nitrogens with zero attached hydrogens (tertiary/aromatic N) is 6. The van der Waals surface area contributed by atoms with Gasteiger partial charge in [0.05, 0.1) is 0 Å². The van der Waals surface area contributed by atoms with Gasteiger partial charge in [0.2, 0.25) is 5.95 Å². The number of hydrogen-bond acceptors (Lipinski definition) is 8. The van der Waals surface area contributed by atoms with Gasteiger partial charge in [0.15, 0.2) is 10.6 Å². The Kier molecular flexibility index (Phi) is 6.76. The highest BCUT2D eigenvalue weighted by Crippen LogP contribution is 2.33. The van der Waals surface area contributed by atoms with Crippen LogP contribution in [-0.4, -0.2) is 63.6 Å². The van der Waals surface area contributed by atoms with Crippen LogP contribution >= 0.6 is 11.3 Å². The molecule has 9 nitrogen and oxygen atoms in total. The maximum absolute atomic E-state index is 12.4. The number of nitrogens with two attached hydrogens (primary N) is 1. The van der Waals surface area contributed by atoms with E-state index in [1.807, 2.05) is 17.0 Å². The van der Waals surface area contributed by atoms with Crippen molar-refractivity contribution in [3.8, 4) is 10.6 Å². The zero-order chi connectivity index (χ0) is 21.6. The van der Waals surface area contributed by atoms with Crippen molar-refractivity contribution in [3.05, 3.63) is 24.5 Å². The number of rotatable bonds is 7. The summed E-state index contributed by atoms with van der Waals surface area (Å²) in [6.07, 6.45) is 8.11. The number of hydrogen-bond donors (Lipinski definition) is 2. The number of anilines is 2. The SMILES string of the molecule is CCCCCCNC(=O)N1CCN(c2nc(N)nc3sc(-c4cccnc4)nc23)CC1. The van der Waals surface area contributed by atoms with Gasteiger partial charge in [-0.25, -0.2) is 14.8 Å². The summed E-state index contributed by atoms with van der Waals surface area (Å²) in [6, 6.07) is 3.87. The van der Waals surface area contributed by atoms with Gasteiger partial charge in [0.25, 0.3) is 0 Å². The summed E-state index contributed by atoms with van der Waals surface area (Å²) in [6.45, 7) is 5.53. The molecule has 1 saturated heterocycles. The molecule has 0 bridgehead atoms. The highest BCUT2D eigenvalue weighted by Gasteiger charge is 2.25. The van der Waals surface area contributed by atoms with Crippen LogP contribution in [0.2, 0.25) is 0 Å². The standard InChI is InChI=1S/C21H28N8OS/c1-2-3-4-5-9-24-21(30)29-12-10-28(11-13-29)17-16-19(27-20(22)26-17)31-18(25-16)15-7-6-8-23-14-15/h6-8,14H,2-5,9-13H2,1H3,(H,24,30)(H2,22,26,27). The number of piperazine rings is 1. The maximum Gasteiger partial charge on any atom is 0.317 e. The van der Waals surface area contributed by atoms with E-state index in [0.29, 0.717) is 26.2 Å². The van der Waals surface area contributed by atoms with Crippen molar-refractivity contribution >= 4 is 39.5 Å². The molecule has 3 N–H and O–H groups in total. The molecule has 31 heavy (non-hydrogen) atoms.